The van der Waals surface area contributed by atoms with Gasteiger partial charge in [0.25, 0.3) is 0 Å². The largest absolute Gasteiger partial charge is 0.466 e. The molecule has 0 amide bonds. The van der Waals surface area contributed by atoms with Crippen LogP contribution in [0.5, 0.6) is 0 Å². The predicted octanol–water partition coefficient (Wildman–Crippen LogP) is 3.38. The number of hydrogen-bond acceptors (Lipinski definition) is 3. The monoisotopic (exact) mass is 317 g/mol. The third-order valence-electron chi connectivity index (χ3n) is 3.78. The molecule has 0 aromatic heterocycles. The van der Waals surface area contributed by atoms with Crippen molar-refractivity contribution >= 4 is 12.0 Å². The molecule has 0 spiro atoms. The van der Waals surface area contributed by atoms with Gasteiger partial charge < -0.3 is 10.1 Å². The van der Waals surface area contributed by atoms with Gasteiger partial charge in [0.15, 0.2) is 0 Å². The number of carbonyl (C=O) groups excluding carboxylic acids is 1. The Bertz CT molecular complexity index is 729. The summed E-state index contributed by atoms with van der Waals surface area (Å²) < 4.78 is 18.3. The summed E-state index contributed by atoms with van der Waals surface area (Å²) in [5.74, 6) is -0.676. The molecule has 0 saturated carbocycles. The molecule has 3 rings (SSSR count). The fourth-order valence-electron chi connectivity index (χ4n) is 2.68. The lowest BCUT2D eigenvalue weighted by Crippen LogP contribution is -2.25. The highest BCUT2D eigenvalue weighted by Crippen LogP contribution is 2.29. The molecule has 1 aliphatic heterocycles. The second kappa shape index (κ2) is 7.15. The van der Waals surface area contributed by atoms with E-state index < -0.39 is 5.97 Å². The minimum Gasteiger partial charge on any atom is -0.466 e. The molecule has 0 bridgehead atoms. The lowest BCUT2D eigenvalue weighted by Gasteiger charge is -2.19. The molecule has 1 heterocycles. The zero-order chi connectivity index (χ0) is 15.5. The maximum Gasteiger partial charge on any atom is 0.335 e. The molecule has 1 aliphatic rings. The molecule has 0 radical (unpaired) electrons. The van der Waals surface area contributed by atoms with E-state index in [1.165, 1.54) is 19.2 Å². The molecule has 0 saturated heterocycles. The number of methoxy groups -OCH3 is 1. The second-order valence-corrected chi connectivity index (χ2v) is 5.16. The molecule has 120 valence electrons. The first-order chi connectivity index (χ1) is 10.7. The number of halogens is 2. The summed E-state index contributed by atoms with van der Waals surface area (Å²) in [6.07, 6.45) is 1.78. The van der Waals surface area contributed by atoms with Crippen molar-refractivity contribution in [3.05, 3.63) is 76.6 Å². The second-order valence-electron chi connectivity index (χ2n) is 5.16. The van der Waals surface area contributed by atoms with Gasteiger partial charge in [-0.1, -0.05) is 36.4 Å². The summed E-state index contributed by atoms with van der Waals surface area (Å²) in [7, 11) is 1.36. The van der Waals surface area contributed by atoms with Crippen LogP contribution >= 0.6 is 0 Å². The maximum atomic E-state index is 13.4. The van der Waals surface area contributed by atoms with Gasteiger partial charge in [-0.2, -0.15) is 0 Å². The van der Waals surface area contributed by atoms with E-state index in [-0.39, 0.29) is 16.6 Å². The van der Waals surface area contributed by atoms with E-state index in [0.29, 0.717) is 12.1 Å². The lowest BCUT2D eigenvalue weighted by atomic mass is 9.97. The van der Waals surface area contributed by atoms with E-state index >= 15 is 0 Å². The first-order valence-corrected chi connectivity index (χ1v) is 7.05. The van der Waals surface area contributed by atoms with Crippen molar-refractivity contribution in [3.8, 4) is 0 Å². The highest BCUT2D eigenvalue weighted by atomic mass is 19.1. The molecule has 1 N–H and O–H groups in total. The minimum atomic E-state index is -0.390. The highest BCUT2D eigenvalue weighted by Gasteiger charge is 2.26. The third-order valence-corrected chi connectivity index (χ3v) is 3.78. The Labute approximate surface area is 133 Å². The first kappa shape index (κ1) is 16.8. The van der Waals surface area contributed by atoms with E-state index in [2.05, 4.69) is 5.32 Å². The molecule has 1 atom stereocenters. The van der Waals surface area contributed by atoms with Crippen molar-refractivity contribution in [2.75, 3.05) is 7.11 Å². The van der Waals surface area contributed by atoms with Crippen LogP contribution in [0.3, 0.4) is 0 Å². The smallest absolute Gasteiger partial charge is 0.335 e. The van der Waals surface area contributed by atoms with Crippen LogP contribution in [-0.4, -0.2) is 13.1 Å². The highest BCUT2D eigenvalue weighted by molar-refractivity contribution is 5.95. The third kappa shape index (κ3) is 3.46. The van der Waals surface area contributed by atoms with Crippen molar-refractivity contribution < 1.29 is 18.6 Å². The topological polar surface area (TPSA) is 38.3 Å². The van der Waals surface area contributed by atoms with Gasteiger partial charge in [0.1, 0.15) is 5.82 Å². The van der Waals surface area contributed by atoms with Gasteiger partial charge >= 0.3 is 5.97 Å². The normalized spacial score (nSPS) is 16.4. The molecule has 2 aromatic carbocycles. The van der Waals surface area contributed by atoms with Crippen LogP contribution in [0.25, 0.3) is 6.08 Å². The quantitative estimate of drug-likeness (QED) is 0.863. The van der Waals surface area contributed by atoms with Gasteiger partial charge in [-0.15, -0.1) is 0 Å². The summed E-state index contributed by atoms with van der Waals surface area (Å²) in [5, 5.41) is 3.31. The Morgan fingerprint density at radius 3 is 2.65 bits per heavy atom. The van der Waals surface area contributed by atoms with Crippen molar-refractivity contribution in [1.82, 2.24) is 5.32 Å². The van der Waals surface area contributed by atoms with Crippen LogP contribution in [0, 0.1) is 5.82 Å². The Kier molecular flexibility index (Phi) is 5.24. The number of ether oxygens (including phenoxy) is 1. The van der Waals surface area contributed by atoms with Gasteiger partial charge in [0.05, 0.1) is 18.7 Å². The number of esters is 1. The van der Waals surface area contributed by atoms with Crippen LogP contribution < -0.4 is 5.32 Å². The molecule has 1 unspecified atom stereocenters. The van der Waals surface area contributed by atoms with E-state index in [1.54, 1.807) is 12.1 Å². The first-order valence-electron chi connectivity index (χ1n) is 7.05. The molecule has 0 fully saturated rings. The SMILES string of the molecule is COC(=O)C1=Cc2ccc(F)cc2CNC1c1ccccc1.F. The minimum absolute atomic E-state index is 0. The van der Waals surface area contributed by atoms with E-state index in [0.717, 1.165) is 16.7 Å². The average Bonchev–Trinajstić information content (AvgIpc) is 2.74. The van der Waals surface area contributed by atoms with Crippen molar-refractivity contribution in [2.24, 2.45) is 0 Å². The molecule has 0 aliphatic carbocycles. The number of hydrogen-bond donors (Lipinski definition) is 1. The summed E-state index contributed by atoms with van der Waals surface area (Å²) in [6, 6.07) is 13.9. The zero-order valence-electron chi connectivity index (χ0n) is 12.6. The van der Waals surface area contributed by atoms with Crippen molar-refractivity contribution in [2.45, 2.75) is 12.6 Å². The Morgan fingerprint density at radius 1 is 1.22 bits per heavy atom. The number of carbonyl (C=O) groups is 1. The number of fused-ring (bicyclic) bond motifs is 1. The molecule has 3 nitrogen and oxygen atoms in total. The van der Waals surface area contributed by atoms with Crippen LogP contribution in [0.2, 0.25) is 0 Å². The van der Waals surface area contributed by atoms with E-state index in [4.69, 9.17) is 4.74 Å². The number of nitrogens with one attached hydrogen (secondary N) is 1. The van der Waals surface area contributed by atoms with Crippen molar-refractivity contribution in [3.63, 3.8) is 0 Å². The predicted molar refractivity (Wildman–Crippen MR) is 84.9 cm³/mol. The molecule has 2 aromatic rings. The van der Waals surface area contributed by atoms with Gasteiger partial charge in [-0.3, -0.25) is 4.70 Å². The maximum absolute atomic E-state index is 13.4. The molecule has 5 heteroatoms. The fraction of sp³-hybridized carbons (Fsp3) is 0.167. The summed E-state index contributed by atoms with van der Waals surface area (Å²) in [6.45, 7) is 0.476. The zero-order valence-corrected chi connectivity index (χ0v) is 12.6. The van der Waals surface area contributed by atoms with Crippen molar-refractivity contribution in [1.29, 1.82) is 0 Å². The number of benzene rings is 2. The van der Waals surface area contributed by atoms with Gasteiger partial charge in [0, 0.05) is 6.54 Å². The Morgan fingerprint density at radius 2 is 1.96 bits per heavy atom. The van der Waals surface area contributed by atoms with Gasteiger partial charge in [-0.05, 0) is 34.9 Å². The summed E-state index contributed by atoms with van der Waals surface area (Å²) in [4.78, 5) is 12.2. The van der Waals surface area contributed by atoms with Crippen LogP contribution in [0.1, 0.15) is 22.7 Å². The van der Waals surface area contributed by atoms with Crippen LogP contribution in [0.15, 0.2) is 54.1 Å². The van der Waals surface area contributed by atoms with Crippen LogP contribution in [0.4, 0.5) is 9.09 Å². The summed E-state index contributed by atoms with van der Waals surface area (Å²) in [5.41, 5.74) is 3.12. The van der Waals surface area contributed by atoms with E-state index in [1.807, 2.05) is 30.3 Å². The van der Waals surface area contributed by atoms with Gasteiger partial charge in [0.2, 0.25) is 0 Å². The van der Waals surface area contributed by atoms with Crippen LogP contribution in [-0.2, 0) is 16.1 Å². The number of rotatable bonds is 2. The van der Waals surface area contributed by atoms with E-state index in [9.17, 15) is 9.18 Å². The standard InChI is InChI=1S/C18H16FNO2.FH/c1-22-18(21)16-10-13-7-8-15(19)9-14(13)11-20-17(16)12-5-3-2-4-6-12;/h2-10,17,20H,11H2,1H3;1H. The Hall–Kier alpha value is -2.53. The fourth-order valence-corrected chi connectivity index (χ4v) is 2.68. The average molecular weight is 317 g/mol. The molecular formula is C18H17F2NO2. The Balaban J connectivity index is 0.00000192. The summed E-state index contributed by atoms with van der Waals surface area (Å²) >= 11 is 0. The molecular weight excluding hydrogens is 300 g/mol. The van der Waals surface area contributed by atoms with Gasteiger partial charge in [-0.25, -0.2) is 9.18 Å². The lowest BCUT2D eigenvalue weighted by molar-refractivity contribution is -0.136. The molecule has 23 heavy (non-hydrogen) atoms.